The van der Waals surface area contributed by atoms with Crippen molar-refractivity contribution in [3.8, 4) is 0 Å². The van der Waals surface area contributed by atoms with Gasteiger partial charge in [-0.1, -0.05) is 30.3 Å². The molecule has 3 rings (SSSR count). The van der Waals surface area contributed by atoms with Gasteiger partial charge in [-0.15, -0.1) is 0 Å². The fraction of sp³-hybridized carbons (Fsp3) is 0.632. The van der Waals surface area contributed by atoms with E-state index in [0.29, 0.717) is 5.92 Å². The molecule has 24 heavy (non-hydrogen) atoms. The summed E-state index contributed by atoms with van der Waals surface area (Å²) >= 11 is 0. The fourth-order valence-corrected chi connectivity index (χ4v) is 3.70. The summed E-state index contributed by atoms with van der Waals surface area (Å²) in [5.41, 5.74) is 1.17. The Morgan fingerprint density at radius 1 is 1.12 bits per heavy atom. The average Bonchev–Trinajstić information content (AvgIpc) is 3.15. The van der Waals surface area contributed by atoms with E-state index in [1.165, 1.54) is 18.4 Å². The number of likely N-dealkylation sites (tertiary alicyclic amines) is 2. The van der Waals surface area contributed by atoms with Crippen molar-refractivity contribution in [2.75, 3.05) is 39.3 Å². The first kappa shape index (κ1) is 17.2. The maximum Gasteiger partial charge on any atom is 0.317 e. The number of urea groups is 1. The number of piperidine rings is 1. The van der Waals surface area contributed by atoms with Crippen LogP contribution in [0, 0.1) is 5.92 Å². The lowest BCUT2D eigenvalue weighted by atomic mass is 9.98. The normalized spacial score (nSPS) is 21.0. The summed E-state index contributed by atoms with van der Waals surface area (Å²) in [7, 11) is 0. The van der Waals surface area contributed by atoms with Crippen molar-refractivity contribution in [2.45, 2.75) is 31.7 Å². The third kappa shape index (κ3) is 4.48. The van der Waals surface area contributed by atoms with Crippen molar-refractivity contribution < 1.29 is 9.90 Å². The van der Waals surface area contributed by atoms with Gasteiger partial charge in [0.2, 0.25) is 0 Å². The number of carbonyl (C=O) groups excluding carboxylic acids is 1. The van der Waals surface area contributed by atoms with Crippen molar-refractivity contribution in [3.63, 3.8) is 0 Å². The first-order valence-electron chi connectivity index (χ1n) is 9.20. The summed E-state index contributed by atoms with van der Waals surface area (Å²) < 4.78 is 0. The molecule has 0 aromatic heterocycles. The van der Waals surface area contributed by atoms with E-state index in [4.69, 9.17) is 0 Å². The van der Waals surface area contributed by atoms with E-state index in [1.807, 2.05) is 23.1 Å². The second kappa shape index (κ2) is 8.49. The highest BCUT2D eigenvalue weighted by Gasteiger charge is 2.26. The monoisotopic (exact) mass is 331 g/mol. The van der Waals surface area contributed by atoms with Crippen LogP contribution in [0.1, 0.15) is 37.3 Å². The molecule has 2 N–H and O–H groups in total. The van der Waals surface area contributed by atoms with E-state index in [9.17, 15) is 9.90 Å². The molecule has 5 heteroatoms. The zero-order chi connectivity index (χ0) is 16.8. The summed E-state index contributed by atoms with van der Waals surface area (Å²) in [6, 6.07) is 10.3. The molecule has 1 aromatic rings. The largest absolute Gasteiger partial charge is 0.396 e. The number of aliphatic hydroxyl groups excluding tert-OH is 1. The highest BCUT2D eigenvalue weighted by Crippen LogP contribution is 2.20. The van der Waals surface area contributed by atoms with Crippen LogP contribution in [0.5, 0.6) is 0 Å². The lowest BCUT2D eigenvalue weighted by molar-refractivity contribution is 0.134. The van der Waals surface area contributed by atoms with Crippen LogP contribution in [0.2, 0.25) is 0 Å². The lowest BCUT2D eigenvalue weighted by Crippen LogP contribution is -2.47. The zero-order valence-electron chi connectivity index (χ0n) is 14.4. The zero-order valence-corrected chi connectivity index (χ0v) is 14.4. The average molecular weight is 331 g/mol. The van der Waals surface area contributed by atoms with E-state index in [0.717, 1.165) is 45.6 Å². The number of nitrogens with one attached hydrogen (secondary N) is 1. The van der Waals surface area contributed by atoms with Gasteiger partial charge in [0, 0.05) is 26.2 Å². The van der Waals surface area contributed by atoms with Crippen LogP contribution >= 0.6 is 0 Å². The number of rotatable bonds is 5. The molecule has 0 bridgehead atoms. The number of benzene rings is 1. The van der Waals surface area contributed by atoms with Crippen molar-refractivity contribution in [1.29, 1.82) is 0 Å². The molecule has 0 saturated carbocycles. The van der Waals surface area contributed by atoms with E-state index < -0.39 is 0 Å². The first-order valence-corrected chi connectivity index (χ1v) is 9.20. The number of hydrogen-bond donors (Lipinski definition) is 2. The van der Waals surface area contributed by atoms with Crippen LogP contribution in [0.4, 0.5) is 4.79 Å². The molecule has 0 spiro atoms. The van der Waals surface area contributed by atoms with Crippen molar-refractivity contribution in [1.82, 2.24) is 15.1 Å². The fourth-order valence-electron chi connectivity index (χ4n) is 3.70. The maximum absolute atomic E-state index is 12.7. The smallest absolute Gasteiger partial charge is 0.317 e. The van der Waals surface area contributed by atoms with Crippen LogP contribution in [0.3, 0.4) is 0 Å². The minimum Gasteiger partial charge on any atom is -0.396 e. The van der Waals surface area contributed by atoms with Gasteiger partial charge in [0.25, 0.3) is 0 Å². The van der Waals surface area contributed by atoms with Crippen LogP contribution in [-0.4, -0.2) is 60.3 Å². The molecule has 2 fully saturated rings. The number of nitrogens with zero attached hydrogens (tertiary/aromatic N) is 2. The maximum atomic E-state index is 12.7. The van der Waals surface area contributed by atoms with Crippen LogP contribution in [0.25, 0.3) is 0 Å². The molecule has 5 nitrogen and oxygen atoms in total. The molecule has 1 atom stereocenters. The Balaban J connectivity index is 1.61. The summed E-state index contributed by atoms with van der Waals surface area (Å²) in [4.78, 5) is 17.0. The van der Waals surface area contributed by atoms with E-state index in [1.54, 1.807) is 0 Å². The lowest BCUT2D eigenvalue weighted by Gasteiger charge is -2.33. The molecular weight excluding hydrogens is 302 g/mol. The predicted octanol–water partition coefficient (Wildman–Crippen LogP) is 2.24. The number of carbonyl (C=O) groups is 1. The van der Waals surface area contributed by atoms with E-state index in [-0.39, 0.29) is 18.7 Å². The van der Waals surface area contributed by atoms with Gasteiger partial charge >= 0.3 is 6.03 Å². The Kier molecular flexibility index (Phi) is 6.10. The van der Waals surface area contributed by atoms with Gasteiger partial charge in [0.15, 0.2) is 0 Å². The first-order chi connectivity index (χ1) is 11.8. The van der Waals surface area contributed by atoms with Crippen LogP contribution in [-0.2, 0) is 0 Å². The molecular formula is C19H29N3O2. The van der Waals surface area contributed by atoms with Crippen molar-refractivity contribution in [3.05, 3.63) is 35.9 Å². The molecule has 2 saturated heterocycles. The van der Waals surface area contributed by atoms with E-state index in [2.05, 4.69) is 22.3 Å². The molecule has 2 aliphatic rings. The quantitative estimate of drug-likeness (QED) is 0.870. The van der Waals surface area contributed by atoms with Gasteiger partial charge in [0.05, 0.1) is 6.04 Å². The molecule has 2 heterocycles. The molecule has 0 radical (unpaired) electrons. The SMILES string of the molecule is O=C(NC(CN1CCCC1)c1ccccc1)N1CCC(CO)CC1. The van der Waals surface area contributed by atoms with Gasteiger partial charge in [0.1, 0.15) is 0 Å². The molecule has 2 aliphatic heterocycles. The van der Waals surface area contributed by atoms with Crippen molar-refractivity contribution >= 4 is 6.03 Å². The number of hydrogen-bond acceptors (Lipinski definition) is 3. The van der Waals surface area contributed by atoms with Crippen LogP contribution < -0.4 is 5.32 Å². The standard InChI is InChI=1S/C19H29N3O2/c23-15-16-8-12-22(13-9-16)19(24)20-18(14-21-10-4-5-11-21)17-6-2-1-3-7-17/h1-3,6-7,16,18,23H,4-5,8-15H2,(H,20,24). The Morgan fingerprint density at radius 2 is 1.79 bits per heavy atom. The summed E-state index contributed by atoms with van der Waals surface area (Å²) in [6.45, 7) is 4.84. The highest BCUT2D eigenvalue weighted by molar-refractivity contribution is 5.74. The summed E-state index contributed by atoms with van der Waals surface area (Å²) in [5, 5.41) is 12.5. The number of amides is 2. The minimum absolute atomic E-state index is 0.0273. The minimum atomic E-state index is 0.0273. The molecule has 1 unspecified atom stereocenters. The van der Waals surface area contributed by atoms with Gasteiger partial charge < -0.3 is 20.2 Å². The number of aliphatic hydroxyl groups is 1. The third-order valence-electron chi connectivity index (χ3n) is 5.30. The van der Waals surface area contributed by atoms with E-state index >= 15 is 0 Å². The van der Waals surface area contributed by atoms with Crippen molar-refractivity contribution in [2.24, 2.45) is 5.92 Å². The highest BCUT2D eigenvalue weighted by atomic mass is 16.3. The summed E-state index contributed by atoms with van der Waals surface area (Å²) in [6.07, 6.45) is 4.30. The van der Waals surface area contributed by atoms with Gasteiger partial charge in [-0.3, -0.25) is 0 Å². The van der Waals surface area contributed by atoms with Gasteiger partial charge in [-0.25, -0.2) is 4.79 Å². The Morgan fingerprint density at radius 3 is 2.42 bits per heavy atom. The third-order valence-corrected chi connectivity index (χ3v) is 5.30. The Hall–Kier alpha value is -1.59. The predicted molar refractivity (Wildman–Crippen MR) is 94.8 cm³/mol. The molecule has 0 aliphatic carbocycles. The molecule has 1 aromatic carbocycles. The molecule has 2 amide bonds. The molecule has 132 valence electrons. The van der Waals surface area contributed by atoms with Gasteiger partial charge in [-0.2, -0.15) is 0 Å². The summed E-state index contributed by atoms with van der Waals surface area (Å²) in [5.74, 6) is 0.351. The Labute approximate surface area is 144 Å². The van der Waals surface area contributed by atoms with Crippen LogP contribution in [0.15, 0.2) is 30.3 Å². The van der Waals surface area contributed by atoms with Gasteiger partial charge in [-0.05, 0) is 50.3 Å². The topological polar surface area (TPSA) is 55.8 Å². The Bertz CT molecular complexity index is 509. The second-order valence-corrected chi connectivity index (χ2v) is 7.03. The second-order valence-electron chi connectivity index (χ2n) is 7.03.